The van der Waals surface area contributed by atoms with Crippen molar-refractivity contribution in [1.82, 2.24) is 15.0 Å². The third kappa shape index (κ3) is 5.04. The maximum absolute atomic E-state index is 6.79. The Morgan fingerprint density at radius 2 is 0.877 bits per heavy atom. The molecule has 57 heavy (non-hydrogen) atoms. The van der Waals surface area contributed by atoms with Gasteiger partial charge in [-0.1, -0.05) is 146 Å². The van der Waals surface area contributed by atoms with Crippen LogP contribution in [0.15, 0.2) is 185 Å². The van der Waals surface area contributed by atoms with Gasteiger partial charge >= 0.3 is 0 Å². The molecule has 0 saturated heterocycles. The van der Waals surface area contributed by atoms with Crippen LogP contribution in [0.5, 0.6) is 0 Å². The van der Waals surface area contributed by atoms with Gasteiger partial charge in [-0.3, -0.25) is 0 Å². The first-order valence-corrected chi connectivity index (χ1v) is 19.7. The Morgan fingerprint density at radius 1 is 0.333 bits per heavy atom. The van der Waals surface area contributed by atoms with Gasteiger partial charge in [0.05, 0.1) is 5.56 Å². The Hall–Kier alpha value is -7.41. The molecule has 0 amide bonds. The molecule has 0 aliphatic rings. The van der Waals surface area contributed by atoms with Gasteiger partial charge in [-0.25, -0.2) is 15.0 Å². The molecule has 0 aliphatic heterocycles. The number of thiophene rings is 1. The quantitative estimate of drug-likeness (QED) is 0.175. The molecule has 5 nitrogen and oxygen atoms in total. The summed E-state index contributed by atoms with van der Waals surface area (Å²) in [5, 5.41) is 6.83. The topological polar surface area (TPSA) is 65.0 Å². The van der Waals surface area contributed by atoms with Gasteiger partial charge in [-0.15, -0.1) is 11.3 Å². The number of hydrogen-bond acceptors (Lipinski definition) is 6. The van der Waals surface area contributed by atoms with Crippen molar-refractivity contribution in [2.45, 2.75) is 0 Å². The predicted octanol–water partition coefficient (Wildman–Crippen LogP) is 14.4. The maximum Gasteiger partial charge on any atom is 0.167 e. The second-order valence-electron chi connectivity index (χ2n) is 14.3. The maximum atomic E-state index is 6.79. The molecule has 0 saturated carbocycles. The highest BCUT2D eigenvalue weighted by Gasteiger charge is 2.21. The van der Waals surface area contributed by atoms with E-state index in [1.165, 1.54) is 36.9 Å². The molecule has 4 heterocycles. The minimum atomic E-state index is 0.564. The molecule has 0 spiro atoms. The molecule has 0 radical (unpaired) electrons. The van der Waals surface area contributed by atoms with Crippen molar-refractivity contribution in [2.75, 3.05) is 0 Å². The van der Waals surface area contributed by atoms with Gasteiger partial charge in [-0.05, 0) is 47.0 Å². The molecule has 0 atom stereocenters. The minimum absolute atomic E-state index is 0.564. The summed E-state index contributed by atoms with van der Waals surface area (Å²) < 4.78 is 15.5. The molecule has 0 fully saturated rings. The largest absolute Gasteiger partial charge is 0.456 e. The van der Waals surface area contributed by atoms with Crippen molar-refractivity contribution < 1.29 is 8.83 Å². The third-order valence-electron chi connectivity index (χ3n) is 11.0. The summed E-state index contributed by atoms with van der Waals surface area (Å²) in [7, 11) is 0. The van der Waals surface area contributed by atoms with Crippen LogP contribution in [-0.2, 0) is 0 Å². The smallest absolute Gasteiger partial charge is 0.167 e. The highest BCUT2D eigenvalue weighted by molar-refractivity contribution is 7.26. The van der Waals surface area contributed by atoms with E-state index in [9.17, 15) is 0 Å². The van der Waals surface area contributed by atoms with Crippen LogP contribution in [0, 0.1) is 0 Å². The fraction of sp³-hybridized carbons (Fsp3) is 0. The summed E-state index contributed by atoms with van der Waals surface area (Å²) in [4.78, 5) is 15.0. The molecule has 6 heteroatoms. The molecular weight excluding hydrogens is 719 g/mol. The van der Waals surface area contributed by atoms with Crippen molar-refractivity contribution in [2.24, 2.45) is 0 Å². The number of fused-ring (bicyclic) bond motifs is 9. The van der Waals surface area contributed by atoms with Crippen LogP contribution in [0.4, 0.5) is 0 Å². The lowest BCUT2D eigenvalue weighted by atomic mass is 9.96. The average Bonchev–Trinajstić information content (AvgIpc) is 3.98. The summed E-state index contributed by atoms with van der Waals surface area (Å²) in [5.74, 6) is 1.79. The second-order valence-corrected chi connectivity index (χ2v) is 15.3. The Labute approximate surface area is 330 Å². The van der Waals surface area contributed by atoms with E-state index in [0.29, 0.717) is 17.5 Å². The molecule has 12 aromatic rings. The normalized spacial score (nSPS) is 11.9. The van der Waals surface area contributed by atoms with Gasteiger partial charge in [0.2, 0.25) is 0 Å². The van der Waals surface area contributed by atoms with Gasteiger partial charge in [0.25, 0.3) is 0 Å². The first kappa shape index (κ1) is 31.9. The van der Waals surface area contributed by atoms with Gasteiger partial charge in [0, 0.05) is 58.4 Å². The van der Waals surface area contributed by atoms with Crippen molar-refractivity contribution in [3.63, 3.8) is 0 Å². The molecule has 266 valence electrons. The van der Waals surface area contributed by atoms with Crippen LogP contribution in [0.25, 0.3) is 120 Å². The molecule has 4 aromatic heterocycles. The van der Waals surface area contributed by atoms with E-state index in [0.717, 1.165) is 66.1 Å². The van der Waals surface area contributed by atoms with Crippen LogP contribution in [0.1, 0.15) is 0 Å². The molecule has 12 rings (SSSR count). The van der Waals surface area contributed by atoms with Crippen LogP contribution in [-0.4, -0.2) is 15.0 Å². The zero-order chi connectivity index (χ0) is 37.5. The van der Waals surface area contributed by atoms with Crippen molar-refractivity contribution in [3.8, 4) is 56.4 Å². The Kier molecular flexibility index (Phi) is 7.03. The fourth-order valence-corrected chi connectivity index (χ4v) is 9.69. The third-order valence-corrected chi connectivity index (χ3v) is 12.3. The number of furan rings is 2. The first-order valence-electron chi connectivity index (χ1n) is 18.9. The van der Waals surface area contributed by atoms with E-state index in [-0.39, 0.29) is 0 Å². The monoisotopic (exact) mass is 747 g/mol. The van der Waals surface area contributed by atoms with E-state index in [4.69, 9.17) is 23.8 Å². The first-order chi connectivity index (χ1) is 28.2. The molecule has 0 aliphatic carbocycles. The molecule has 8 aromatic carbocycles. The number of aromatic nitrogens is 3. The average molecular weight is 748 g/mol. The Balaban J connectivity index is 1.04. The number of hydrogen-bond donors (Lipinski definition) is 0. The van der Waals surface area contributed by atoms with E-state index in [2.05, 4.69) is 97.1 Å². The fourth-order valence-electron chi connectivity index (χ4n) is 8.33. The molecule has 0 unspecified atom stereocenters. The van der Waals surface area contributed by atoms with E-state index in [1.807, 2.05) is 90.2 Å². The number of para-hydroxylation sites is 2. The summed E-state index contributed by atoms with van der Waals surface area (Å²) in [6, 6.07) is 60.9. The van der Waals surface area contributed by atoms with Crippen molar-refractivity contribution >= 4 is 75.4 Å². The van der Waals surface area contributed by atoms with Gasteiger partial charge < -0.3 is 8.83 Å². The highest BCUT2D eigenvalue weighted by atomic mass is 32.1. The van der Waals surface area contributed by atoms with Gasteiger partial charge in [0.15, 0.2) is 17.5 Å². The van der Waals surface area contributed by atoms with Crippen LogP contribution < -0.4 is 0 Å². The summed E-state index contributed by atoms with van der Waals surface area (Å²) in [5.41, 5.74) is 10.7. The minimum Gasteiger partial charge on any atom is -0.456 e. The zero-order valence-corrected chi connectivity index (χ0v) is 31.1. The van der Waals surface area contributed by atoms with Crippen molar-refractivity contribution in [3.05, 3.63) is 176 Å². The Bertz CT molecular complexity index is 3470. The number of nitrogens with zero attached hydrogens (tertiary/aromatic N) is 3. The van der Waals surface area contributed by atoms with E-state index in [1.54, 1.807) is 0 Å². The zero-order valence-electron chi connectivity index (χ0n) is 30.3. The van der Waals surface area contributed by atoms with E-state index < -0.39 is 0 Å². The van der Waals surface area contributed by atoms with Crippen LogP contribution in [0.2, 0.25) is 0 Å². The summed E-state index contributed by atoms with van der Waals surface area (Å²) in [6.07, 6.45) is 0. The SMILES string of the molecule is c1ccc(-c2nc(-c3ccccc3)nc(-c3cccc4c3oc3cccc(-c5cccc6c5sc5c(-c7ccc8oc9ccccc9c8c7)cccc56)c34)n2)cc1. The predicted molar refractivity (Wildman–Crippen MR) is 234 cm³/mol. The standard InChI is InChI=1S/C51H29N3O2S/c1-3-13-30(14-4-1)49-52-50(31-15-5-2-6-16-31)54-51(53-49)40-24-11-23-39-45-35(19-12-26-44(45)56-46(39)40)36-20-10-22-38-37-21-9-18-33(47(37)57-48(36)38)32-27-28-43-41(29-32)34-17-7-8-25-42(34)55-43/h1-29H. The highest BCUT2D eigenvalue weighted by Crippen LogP contribution is 2.47. The molecule has 0 N–H and O–H groups in total. The lowest BCUT2D eigenvalue weighted by Gasteiger charge is -2.09. The lowest BCUT2D eigenvalue weighted by Crippen LogP contribution is -2.00. The second kappa shape index (κ2) is 12.6. The summed E-state index contributed by atoms with van der Waals surface area (Å²) in [6.45, 7) is 0. The number of benzene rings is 8. The molecule has 0 bridgehead atoms. The Morgan fingerprint density at radius 3 is 1.63 bits per heavy atom. The number of rotatable bonds is 5. The summed E-state index contributed by atoms with van der Waals surface area (Å²) >= 11 is 1.85. The van der Waals surface area contributed by atoms with Crippen molar-refractivity contribution in [1.29, 1.82) is 0 Å². The molecular formula is C51H29N3O2S. The van der Waals surface area contributed by atoms with Gasteiger partial charge in [-0.2, -0.15) is 0 Å². The van der Waals surface area contributed by atoms with Gasteiger partial charge in [0.1, 0.15) is 22.3 Å². The van der Waals surface area contributed by atoms with Crippen LogP contribution >= 0.6 is 11.3 Å². The lowest BCUT2D eigenvalue weighted by molar-refractivity contribution is 0.669. The van der Waals surface area contributed by atoms with E-state index >= 15 is 0 Å². The van der Waals surface area contributed by atoms with Crippen LogP contribution in [0.3, 0.4) is 0 Å².